The highest BCUT2D eigenvalue weighted by Crippen LogP contribution is 2.25. The van der Waals surface area contributed by atoms with Crippen molar-refractivity contribution in [3.05, 3.63) is 42.0 Å². The molecule has 2 aromatic heterocycles. The summed E-state index contributed by atoms with van der Waals surface area (Å²) in [5.74, 6) is 6.34. The number of aromatic nitrogens is 4. The Labute approximate surface area is 260 Å². The molecule has 2 fully saturated rings. The Hall–Kier alpha value is -4.74. The number of ether oxygens (including phenoxy) is 3. The number of nitrogens with one attached hydrogen (secondary N) is 1. The normalized spacial score (nSPS) is 17.1. The highest BCUT2D eigenvalue weighted by Gasteiger charge is 2.32. The van der Waals surface area contributed by atoms with Crippen LogP contribution in [0.4, 0.5) is 10.6 Å². The lowest BCUT2D eigenvalue weighted by atomic mass is 9.94. The Kier molecular flexibility index (Phi) is 9.80. The molecule has 14 heteroatoms. The molecule has 3 aromatic rings. The zero-order valence-electron chi connectivity index (χ0n) is 25.4. The van der Waals surface area contributed by atoms with Gasteiger partial charge in [-0.05, 0) is 75.6 Å². The first-order chi connectivity index (χ1) is 21.6. The van der Waals surface area contributed by atoms with E-state index in [1.807, 2.05) is 0 Å². The number of benzene rings is 1. The Balaban J connectivity index is 1.16. The number of nitrogens with two attached hydrogens (primary N) is 1. The molecule has 3 heterocycles. The van der Waals surface area contributed by atoms with Crippen molar-refractivity contribution in [1.29, 1.82) is 0 Å². The maximum absolute atomic E-state index is 12.6. The number of esters is 1. The fourth-order valence-corrected chi connectivity index (χ4v) is 4.98. The second-order valence-electron chi connectivity index (χ2n) is 11.3. The number of aliphatic hydroxyl groups is 1. The number of amides is 2. The highest BCUT2D eigenvalue weighted by atomic mass is 16.6. The minimum absolute atomic E-state index is 0.134. The predicted octanol–water partition coefficient (Wildman–Crippen LogP) is 2.41. The van der Waals surface area contributed by atoms with Gasteiger partial charge in [0.2, 0.25) is 5.82 Å². The van der Waals surface area contributed by atoms with Crippen LogP contribution in [-0.4, -0.2) is 85.9 Å². The third-order valence-electron chi connectivity index (χ3n) is 7.75. The third kappa shape index (κ3) is 7.86. The number of rotatable bonds is 9. The van der Waals surface area contributed by atoms with Gasteiger partial charge >= 0.3 is 12.1 Å². The SMILES string of the molecule is COC(=O)c1ccc(OC(=O)N2CCC(CC#Cc3nc(N)c4ncn([C@@H](C)O[C@H](C(=O)NC5CC5)C(C)O)c4n3)CC2)cc1. The lowest BCUT2D eigenvalue weighted by Gasteiger charge is -2.30. The van der Waals surface area contributed by atoms with Crippen molar-refractivity contribution in [2.75, 3.05) is 25.9 Å². The van der Waals surface area contributed by atoms with E-state index in [0.29, 0.717) is 42.0 Å². The lowest BCUT2D eigenvalue weighted by Crippen LogP contribution is -2.44. The number of piperidine rings is 1. The van der Waals surface area contributed by atoms with Gasteiger partial charge in [-0.3, -0.25) is 9.36 Å². The van der Waals surface area contributed by atoms with Gasteiger partial charge in [0.25, 0.3) is 5.91 Å². The van der Waals surface area contributed by atoms with E-state index >= 15 is 0 Å². The number of nitrogen functional groups attached to an aromatic ring is 1. The fourth-order valence-electron chi connectivity index (χ4n) is 4.98. The second-order valence-corrected chi connectivity index (χ2v) is 11.3. The first-order valence-corrected chi connectivity index (χ1v) is 14.9. The number of carbonyl (C=O) groups excluding carboxylic acids is 3. The van der Waals surface area contributed by atoms with Crippen molar-refractivity contribution in [2.24, 2.45) is 5.92 Å². The van der Waals surface area contributed by atoms with E-state index in [9.17, 15) is 19.5 Å². The maximum atomic E-state index is 12.6. The zero-order valence-corrected chi connectivity index (χ0v) is 25.4. The molecule has 5 rings (SSSR count). The summed E-state index contributed by atoms with van der Waals surface area (Å²) in [5, 5.41) is 13.1. The van der Waals surface area contributed by atoms with E-state index in [1.165, 1.54) is 20.4 Å². The minimum atomic E-state index is -1.07. The monoisotopic (exact) mass is 619 g/mol. The third-order valence-corrected chi connectivity index (χ3v) is 7.75. The van der Waals surface area contributed by atoms with E-state index in [1.54, 1.807) is 40.7 Å². The van der Waals surface area contributed by atoms with Gasteiger partial charge in [-0.1, -0.05) is 5.92 Å². The molecular formula is C31H37N7O7. The predicted molar refractivity (Wildman–Crippen MR) is 162 cm³/mol. The van der Waals surface area contributed by atoms with Crippen molar-refractivity contribution >= 4 is 35.0 Å². The smallest absolute Gasteiger partial charge is 0.415 e. The number of carbonyl (C=O) groups is 3. The first kappa shape index (κ1) is 31.7. The number of anilines is 1. The van der Waals surface area contributed by atoms with Gasteiger partial charge in [-0.25, -0.2) is 24.5 Å². The molecule has 1 unspecified atom stereocenters. The van der Waals surface area contributed by atoms with E-state index in [-0.39, 0.29) is 29.5 Å². The van der Waals surface area contributed by atoms with Gasteiger partial charge in [-0.2, -0.15) is 0 Å². The zero-order chi connectivity index (χ0) is 32.1. The second kappa shape index (κ2) is 13.9. The van der Waals surface area contributed by atoms with Crippen LogP contribution in [0.2, 0.25) is 0 Å². The summed E-state index contributed by atoms with van der Waals surface area (Å²) in [4.78, 5) is 51.6. The Morgan fingerprint density at radius 1 is 1.11 bits per heavy atom. The fraction of sp³-hybridized carbons (Fsp3) is 0.484. The molecule has 1 saturated carbocycles. The maximum Gasteiger partial charge on any atom is 0.415 e. The van der Waals surface area contributed by atoms with E-state index in [4.69, 9.17) is 15.2 Å². The summed E-state index contributed by atoms with van der Waals surface area (Å²) in [5.41, 5.74) is 7.31. The van der Waals surface area contributed by atoms with Crippen LogP contribution < -0.4 is 15.8 Å². The molecule has 0 radical (unpaired) electrons. The molecule has 3 atom stereocenters. The number of methoxy groups -OCH3 is 1. The van der Waals surface area contributed by atoms with Crippen molar-refractivity contribution in [3.63, 3.8) is 0 Å². The molecule has 2 aliphatic rings. The standard InChI is InChI=1S/C31H37N7O7/c1-18(39)26(29(40)34-22-9-10-22)44-19(2)38-17-33-25-27(32)35-24(36-28(25)38)6-4-5-20-13-15-37(16-14-20)31(42)45-23-11-7-21(8-12-23)30(41)43-3/h7-8,11-12,17-20,22,26,39H,5,9-10,13-16H2,1-3H3,(H,34,40)(H2,32,35,36)/t18?,19-,26+/m1/s1. The summed E-state index contributed by atoms with van der Waals surface area (Å²) in [7, 11) is 1.30. The molecular weight excluding hydrogens is 582 g/mol. The number of aliphatic hydroxyl groups excluding tert-OH is 1. The van der Waals surface area contributed by atoms with Crippen LogP contribution in [0.15, 0.2) is 30.6 Å². The summed E-state index contributed by atoms with van der Waals surface area (Å²) < 4.78 is 17.7. The van der Waals surface area contributed by atoms with Crippen molar-refractivity contribution < 1.29 is 33.7 Å². The number of imidazole rings is 1. The van der Waals surface area contributed by atoms with Crippen LogP contribution in [-0.2, 0) is 14.3 Å². The summed E-state index contributed by atoms with van der Waals surface area (Å²) >= 11 is 0. The quantitative estimate of drug-likeness (QED) is 0.236. The van der Waals surface area contributed by atoms with Crippen LogP contribution in [0, 0.1) is 17.8 Å². The van der Waals surface area contributed by atoms with Gasteiger partial charge in [0.05, 0.1) is 25.1 Å². The number of fused-ring (bicyclic) bond motifs is 1. The molecule has 1 aromatic carbocycles. The number of hydrogen-bond donors (Lipinski definition) is 3. The highest BCUT2D eigenvalue weighted by molar-refractivity contribution is 5.89. The molecule has 14 nitrogen and oxygen atoms in total. The minimum Gasteiger partial charge on any atom is -0.465 e. The number of likely N-dealkylation sites (tertiary alicyclic amines) is 1. The molecule has 1 saturated heterocycles. The molecule has 1 aliphatic heterocycles. The molecule has 2 amide bonds. The van der Waals surface area contributed by atoms with Crippen molar-refractivity contribution in [3.8, 4) is 17.6 Å². The molecule has 4 N–H and O–H groups in total. The molecule has 1 aliphatic carbocycles. The molecule has 0 spiro atoms. The van der Waals surface area contributed by atoms with Gasteiger partial charge in [0.15, 0.2) is 17.6 Å². The average molecular weight is 620 g/mol. The van der Waals surface area contributed by atoms with Crippen LogP contribution in [0.25, 0.3) is 11.2 Å². The molecule has 45 heavy (non-hydrogen) atoms. The Morgan fingerprint density at radius 3 is 2.47 bits per heavy atom. The van der Waals surface area contributed by atoms with Gasteiger partial charge in [0, 0.05) is 25.6 Å². The van der Waals surface area contributed by atoms with Crippen LogP contribution >= 0.6 is 0 Å². The van der Waals surface area contributed by atoms with E-state index < -0.39 is 30.5 Å². The number of nitrogens with zero attached hydrogens (tertiary/aromatic N) is 5. The van der Waals surface area contributed by atoms with Crippen LogP contribution in [0.3, 0.4) is 0 Å². The molecule has 238 valence electrons. The first-order valence-electron chi connectivity index (χ1n) is 14.9. The van der Waals surface area contributed by atoms with Gasteiger partial charge in [-0.15, -0.1) is 0 Å². The van der Waals surface area contributed by atoms with E-state index in [0.717, 1.165) is 25.7 Å². The van der Waals surface area contributed by atoms with Gasteiger partial charge in [0.1, 0.15) is 17.5 Å². The van der Waals surface area contributed by atoms with E-state index in [2.05, 4.69) is 36.8 Å². The van der Waals surface area contributed by atoms with Crippen LogP contribution in [0.1, 0.15) is 68.4 Å². The van der Waals surface area contributed by atoms with Crippen molar-refractivity contribution in [1.82, 2.24) is 29.7 Å². The topological polar surface area (TPSA) is 184 Å². The summed E-state index contributed by atoms with van der Waals surface area (Å²) in [6.45, 7) is 4.30. The average Bonchev–Trinajstić information content (AvgIpc) is 3.74. The summed E-state index contributed by atoms with van der Waals surface area (Å²) in [6.07, 6.45) is 2.23. The number of hydrogen-bond acceptors (Lipinski definition) is 11. The van der Waals surface area contributed by atoms with Crippen LogP contribution in [0.5, 0.6) is 5.75 Å². The Bertz CT molecular complexity index is 1600. The lowest BCUT2D eigenvalue weighted by molar-refractivity contribution is -0.150. The van der Waals surface area contributed by atoms with Gasteiger partial charge < -0.3 is 35.3 Å². The largest absolute Gasteiger partial charge is 0.465 e. The van der Waals surface area contributed by atoms with Crippen molar-refractivity contribution in [2.45, 2.75) is 70.4 Å². The molecule has 0 bridgehead atoms. The summed E-state index contributed by atoms with van der Waals surface area (Å²) in [6, 6.07) is 6.33. The Morgan fingerprint density at radius 2 is 1.82 bits per heavy atom.